The molecule has 0 aromatic carbocycles. The maximum Gasteiger partial charge on any atom is 0.168 e. The van der Waals surface area contributed by atoms with Crippen LogP contribution >= 0.6 is 0 Å². The highest BCUT2D eigenvalue weighted by atomic mass is 16.9. The van der Waals surface area contributed by atoms with Gasteiger partial charge in [-0.3, -0.25) is 0 Å². The number of hydrogen-bond acceptors (Lipinski definition) is 6. The van der Waals surface area contributed by atoms with E-state index in [1.165, 1.54) is 0 Å². The molecule has 0 saturated carbocycles. The fraction of sp³-hybridized carbons (Fsp3) is 1.00. The molecule has 120 valence electrons. The zero-order valence-electron chi connectivity index (χ0n) is 12.3. The van der Waals surface area contributed by atoms with E-state index >= 15 is 0 Å². The van der Waals surface area contributed by atoms with E-state index in [4.69, 9.17) is 28.4 Å². The lowest BCUT2D eigenvalue weighted by Crippen LogP contribution is -2.49. The summed E-state index contributed by atoms with van der Waals surface area (Å²) < 4.78 is 34.7. The molecule has 4 saturated heterocycles. The van der Waals surface area contributed by atoms with Crippen molar-refractivity contribution in [1.82, 2.24) is 0 Å². The molecule has 4 heterocycles. The zero-order valence-corrected chi connectivity index (χ0v) is 12.3. The third-order valence-electron chi connectivity index (χ3n) is 4.85. The Morgan fingerprint density at radius 1 is 0.476 bits per heavy atom. The third kappa shape index (κ3) is 3.11. The van der Waals surface area contributed by atoms with Crippen LogP contribution in [0.5, 0.6) is 0 Å². The van der Waals surface area contributed by atoms with Crippen LogP contribution in [-0.4, -0.2) is 58.5 Å². The topological polar surface area (TPSA) is 55.4 Å². The van der Waals surface area contributed by atoms with Gasteiger partial charge in [0.2, 0.25) is 0 Å². The van der Waals surface area contributed by atoms with E-state index in [0.29, 0.717) is 37.6 Å². The van der Waals surface area contributed by atoms with Crippen molar-refractivity contribution in [3.05, 3.63) is 0 Å². The minimum absolute atomic E-state index is 0.225. The molecule has 0 bridgehead atoms. The van der Waals surface area contributed by atoms with Gasteiger partial charge in [-0.1, -0.05) is 0 Å². The van der Waals surface area contributed by atoms with E-state index < -0.39 is 0 Å². The summed E-state index contributed by atoms with van der Waals surface area (Å²) in [5, 5.41) is 0. The van der Waals surface area contributed by atoms with Gasteiger partial charge in [0.15, 0.2) is 18.9 Å². The van der Waals surface area contributed by atoms with E-state index in [1.54, 1.807) is 0 Å². The molecule has 0 aliphatic carbocycles. The summed E-state index contributed by atoms with van der Waals surface area (Å²) in [6, 6.07) is 0. The van der Waals surface area contributed by atoms with Gasteiger partial charge in [-0.15, -0.1) is 0 Å². The molecule has 6 nitrogen and oxygen atoms in total. The molecule has 4 aliphatic rings. The van der Waals surface area contributed by atoms with Crippen molar-refractivity contribution in [3.8, 4) is 0 Å². The number of hydrogen-bond donors (Lipinski definition) is 0. The van der Waals surface area contributed by atoms with Gasteiger partial charge in [0.05, 0.1) is 19.8 Å². The first-order chi connectivity index (χ1) is 10.4. The maximum absolute atomic E-state index is 6.10. The van der Waals surface area contributed by atoms with E-state index in [1.807, 2.05) is 0 Å². The number of ether oxygens (including phenoxy) is 6. The van der Waals surface area contributed by atoms with Gasteiger partial charge < -0.3 is 28.4 Å². The van der Waals surface area contributed by atoms with Gasteiger partial charge in [0.25, 0.3) is 0 Å². The smallest absolute Gasteiger partial charge is 0.168 e. The first kappa shape index (κ1) is 14.4. The van der Waals surface area contributed by atoms with Gasteiger partial charge in [-0.25, -0.2) is 0 Å². The van der Waals surface area contributed by atoms with Crippen molar-refractivity contribution in [2.45, 2.75) is 38.1 Å². The molecule has 4 fully saturated rings. The molecule has 6 heteroatoms. The van der Waals surface area contributed by atoms with Crippen LogP contribution in [0.25, 0.3) is 0 Å². The Hall–Kier alpha value is -0.240. The summed E-state index contributed by atoms with van der Waals surface area (Å²) in [4.78, 5) is 0. The van der Waals surface area contributed by atoms with Gasteiger partial charge >= 0.3 is 0 Å². The quantitative estimate of drug-likeness (QED) is 0.779. The second kappa shape index (κ2) is 6.48. The Bertz CT molecular complexity index is 275. The van der Waals surface area contributed by atoms with Crippen molar-refractivity contribution in [1.29, 1.82) is 0 Å². The standard InChI is InChI=1S/C15H24O6/c1-4-16-7-10(1)13-19-14(11-2-5-17-8-11)21-15(20-13)12-3-6-18-9-12/h10-15H,1-9H2. The van der Waals surface area contributed by atoms with Crippen LogP contribution in [-0.2, 0) is 28.4 Å². The van der Waals surface area contributed by atoms with Crippen LogP contribution in [0.15, 0.2) is 0 Å². The van der Waals surface area contributed by atoms with Gasteiger partial charge in [0.1, 0.15) is 0 Å². The molecule has 4 rings (SSSR count). The Morgan fingerprint density at radius 3 is 1.05 bits per heavy atom. The van der Waals surface area contributed by atoms with Crippen molar-refractivity contribution < 1.29 is 28.4 Å². The van der Waals surface area contributed by atoms with Crippen LogP contribution in [0.2, 0.25) is 0 Å². The van der Waals surface area contributed by atoms with E-state index in [0.717, 1.165) is 39.1 Å². The van der Waals surface area contributed by atoms with Crippen molar-refractivity contribution in [3.63, 3.8) is 0 Å². The Morgan fingerprint density at radius 2 is 0.810 bits per heavy atom. The molecule has 3 unspecified atom stereocenters. The minimum Gasteiger partial charge on any atom is -0.381 e. The second-order valence-corrected chi connectivity index (χ2v) is 6.38. The highest BCUT2D eigenvalue weighted by Gasteiger charge is 2.44. The van der Waals surface area contributed by atoms with E-state index in [2.05, 4.69) is 0 Å². The molecule has 21 heavy (non-hydrogen) atoms. The fourth-order valence-electron chi connectivity index (χ4n) is 3.46. The summed E-state index contributed by atoms with van der Waals surface area (Å²) >= 11 is 0. The fourth-order valence-corrected chi connectivity index (χ4v) is 3.46. The lowest BCUT2D eigenvalue weighted by molar-refractivity contribution is -0.412. The average molecular weight is 300 g/mol. The van der Waals surface area contributed by atoms with Crippen LogP contribution in [0.4, 0.5) is 0 Å². The average Bonchev–Trinajstić information content (AvgIpc) is 3.29. The maximum atomic E-state index is 6.10. The molecule has 0 aromatic heterocycles. The predicted octanol–water partition coefficient (Wildman–Crippen LogP) is 1.14. The lowest BCUT2D eigenvalue weighted by atomic mass is 10.0. The summed E-state index contributed by atoms with van der Waals surface area (Å²) in [5.41, 5.74) is 0. The van der Waals surface area contributed by atoms with Crippen molar-refractivity contribution in [2.24, 2.45) is 17.8 Å². The summed E-state index contributed by atoms with van der Waals surface area (Å²) in [5.74, 6) is 0.927. The second-order valence-electron chi connectivity index (χ2n) is 6.38. The van der Waals surface area contributed by atoms with Gasteiger partial charge in [-0.2, -0.15) is 0 Å². The molecule has 0 N–H and O–H groups in total. The molecule has 0 amide bonds. The minimum atomic E-state index is -0.225. The molecular formula is C15H24O6. The van der Waals surface area contributed by atoms with Crippen LogP contribution in [0.3, 0.4) is 0 Å². The van der Waals surface area contributed by atoms with Crippen molar-refractivity contribution >= 4 is 0 Å². The third-order valence-corrected chi connectivity index (χ3v) is 4.85. The molecule has 0 aromatic rings. The van der Waals surface area contributed by atoms with Gasteiger partial charge in [-0.05, 0) is 19.3 Å². The Balaban J connectivity index is 1.45. The van der Waals surface area contributed by atoms with E-state index in [-0.39, 0.29) is 18.9 Å². The van der Waals surface area contributed by atoms with Gasteiger partial charge in [0, 0.05) is 37.6 Å². The molecule has 3 atom stereocenters. The number of rotatable bonds is 3. The van der Waals surface area contributed by atoms with Crippen LogP contribution in [0.1, 0.15) is 19.3 Å². The largest absolute Gasteiger partial charge is 0.381 e. The predicted molar refractivity (Wildman–Crippen MR) is 71.4 cm³/mol. The Labute approximate surface area is 125 Å². The van der Waals surface area contributed by atoms with E-state index in [9.17, 15) is 0 Å². The molecule has 0 spiro atoms. The molecular weight excluding hydrogens is 276 g/mol. The normalized spacial score (nSPS) is 48.0. The zero-order chi connectivity index (χ0) is 14.1. The highest BCUT2D eigenvalue weighted by Crippen LogP contribution is 2.35. The summed E-state index contributed by atoms with van der Waals surface area (Å²) in [6.45, 7) is 4.53. The van der Waals surface area contributed by atoms with Crippen molar-refractivity contribution in [2.75, 3.05) is 39.6 Å². The molecule has 0 radical (unpaired) electrons. The van der Waals surface area contributed by atoms with Crippen LogP contribution in [0, 0.1) is 17.8 Å². The first-order valence-electron chi connectivity index (χ1n) is 8.10. The first-order valence-corrected chi connectivity index (χ1v) is 8.10. The van der Waals surface area contributed by atoms with Crippen LogP contribution < -0.4 is 0 Å². The SMILES string of the molecule is C1CC(C2OC(C3CCOC3)OC(C3CCOC3)O2)CO1. The summed E-state index contributed by atoms with van der Waals surface area (Å²) in [7, 11) is 0. The highest BCUT2D eigenvalue weighted by molar-refractivity contribution is 4.79. The molecule has 4 aliphatic heterocycles. The summed E-state index contributed by atoms with van der Waals surface area (Å²) in [6.07, 6.45) is 2.30. The monoisotopic (exact) mass is 300 g/mol. The Kier molecular flexibility index (Phi) is 4.43. The lowest BCUT2D eigenvalue weighted by Gasteiger charge is -2.41.